The van der Waals surface area contributed by atoms with Crippen molar-refractivity contribution in [2.24, 2.45) is 0 Å². The van der Waals surface area contributed by atoms with Gasteiger partial charge < -0.3 is 4.74 Å². The van der Waals surface area contributed by atoms with Gasteiger partial charge in [-0.1, -0.05) is 12.1 Å². The Hall–Kier alpha value is -1.50. The first-order valence-corrected chi connectivity index (χ1v) is 5.91. The van der Waals surface area contributed by atoms with Crippen LogP contribution in [0.3, 0.4) is 0 Å². The Bertz CT molecular complexity index is 528. The zero-order valence-corrected chi connectivity index (χ0v) is 11.1. The van der Waals surface area contributed by atoms with Gasteiger partial charge in [0.2, 0.25) is 5.82 Å². The molecule has 0 bridgehead atoms. The summed E-state index contributed by atoms with van der Waals surface area (Å²) in [5.74, 6) is 0.264. The predicted octanol–water partition coefficient (Wildman–Crippen LogP) is 3.04. The van der Waals surface area contributed by atoms with Crippen LogP contribution in [-0.2, 0) is 6.54 Å². The molecule has 1 heterocycles. The van der Waals surface area contributed by atoms with Crippen molar-refractivity contribution in [2.75, 3.05) is 7.11 Å². The third kappa shape index (κ3) is 2.84. The fraction of sp³-hybridized carbons (Fsp3) is 0.273. The number of ether oxygens (including phenoxy) is 1. The summed E-state index contributed by atoms with van der Waals surface area (Å²) in [4.78, 5) is 3.63. The van der Waals surface area contributed by atoms with Crippen molar-refractivity contribution in [3.8, 4) is 5.75 Å². The average molecular weight is 318 g/mol. The van der Waals surface area contributed by atoms with Gasteiger partial charge in [0, 0.05) is 0 Å². The first-order chi connectivity index (χ1) is 8.60. The van der Waals surface area contributed by atoms with Gasteiger partial charge in [-0.3, -0.25) is 0 Å². The van der Waals surface area contributed by atoms with Gasteiger partial charge in [0.1, 0.15) is 5.75 Å². The molecule has 0 radical (unpaired) electrons. The van der Waals surface area contributed by atoms with Crippen LogP contribution >= 0.6 is 15.9 Å². The number of rotatable bonds is 4. The Labute approximate surface area is 111 Å². The summed E-state index contributed by atoms with van der Waals surface area (Å²) in [6.45, 7) is 0.365. The Morgan fingerprint density at radius 2 is 2.00 bits per heavy atom. The van der Waals surface area contributed by atoms with Crippen LogP contribution in [0.1, 0.15) is 17.8 Å². The first-order valence-electron chi connectivity index (χ1n) is 5.11. The normalized spacial score (nSPS) is 10.9. The van der Waals surface area contributed by atoms with Gasteiger partial charge in [-0.25, -0.2) is 13.5 Å². The Kier molecular flexibility index (Phi) is 3.90. The maximum absolute atomic E-state index is 12.4. The van der Waals surface area contributed by atoms with Crippen LogP contribution in [0.15, 0.2) is 29.0 Å². The molecule has 1 aromatic heterocycles. The number of benzene rings is 1. The summed E-state index contributed by atoms with van der Waals surface area (Å²) >= 11 is 3.10. The van der Waals surface area contributed by atoms with Crippen LogP contribution in [0.2, 0.25) is 0 Å². The Morgan fingerprint density at radius 3 is 2.50 bits per heavy atom. The van der Waals surface area contributed by atoms with Crippen LogP contribution in [0.5, 0.6) is 5.75 Å². The highest BCUT2D eigenvalue weighted by molar-refractivity contribution is 9.10. The van der Waals surface area contributed by atoms with Crippen LogP contribution in [0.25, 0.3) is 0 Å². The molecule has 18 heavy (non-hydrogen) atoms. The lowest BCUT2D eigenvalue weighted by Crippen LogP contribution is -2.02. The number of hydrogen-bond acceptors (Lipinski definition) is 3. The minimum absolute atomic E-state index is 0.286. The van der Waals surface area contributed by atoms with Crippen molar-refractivity contribution in [1.29, 1.82) is 0 Å². The summed E-state index contributed by atoms with van der Waals surface area (Å²) in [6, 6.07) is 7.28. The van der Waals surface area contributed by atoms with E-state index in [9.17, 15) is 8.78 Å². The second-order valence-electron chi connectivity index (χ2n) is 3.55. The van der Waals surface area contributed by atoms with Crippen LogP contribution in [-0.4, -0.2) is 21.9 Å². The lowest BCUT2D eigenvalue weighted by atomic mass is 10.2. The number of nitrogens with zero attached hydrogens (tertiary/aromatic N) is 3. The van der Waals surface area contributed by atoms with E-state index in [1.54, 1.807) is 19.2 Å². The van der Waals surface area contributed by atoms with Crippen LogP contribution in [0, 0.1) is 0 Å². The highest BCUT2D eigenvalue weighted by Gasteiger charge is 2.16. The second-order valence-corrected chi connectivity index (χ2v) is 4.25. The summed E-state index contributed by atoms with van der Waals surface area (Å²) in [6.07, 6.45) is -2.67. The van der Waals surface area contributed by atoms with Crippen molar-refractivity contribution in [3.63, 3.8) is 0 Å². The van der Waals surface area contributed by atoms with E-state index in [-0.39, 0.29) is 4.73 Å². The molecule has 0 atom stereocenters. The van der Waals surface area contributed by atoms with Crippen molar-refractivity contribution in [3.05, 3.63) is 40.4 Å². The zero-order chi connectivity index (χ0) is 13.1. The van der Waals surface area contributed by atoms with Crippen LogP contribution < -0.4 is 4.74 Å². The van der Waals surface area contributed by atoms with Crippen molar-refractivity contribution < 1.29 is 13.5 Å². The number of halogens is 3. The van der Waals surface area contributed by atoms with Gasteiger partial charge in [0.05, 0.1) is 13.7 Å². The first kappa shape index (κ1) is 12.9. The number of aromatic nitrogens is 3. The fourth-order valence-corrected chi connectivity index (χ4v) is 1.82. The molecule has 0 fully saturated rings. The van der Waals surface area contributed by atoms with E-state index in [2.05, 4.69) is 26.0 Å². The van der Waals surface area contributed by atoms with Crippen LogP contribution in [0.4, 0.5) is 8.78 Å². The van der Waals surface area contributed by atoms with Gasteiger partial charge in [-0.2, -0.15) is 4.98 Å². The maximum Gasteiger partial charge on any atom is 0.299 e. The summed E-state index contributed by atoms with van der Waals surface area (Å²) in [5, 5.41) is 3.72. The van der Waals surface area contributed by atoms with Gasteiger partial charge in [0.15, 0.2) is 4.73 Å². The lowest BCUT2D eigenvalue weighted by Gasteiger charge is -2.04. The highest BCUT2D eigenvalue weighted by Crippen LogP contribution is 2.19. The number of hydrogen-bond donors (Lipinski definition) is 0. The molecule has 0 amide bonds. The van der Waals surface area contributed by atoms with E-state index in [1.165, 1.54) is 4.68 Å². The minimum atomic E-state index is -2.67. The molecule has 0 saturated carbocycles. The lowest BCUT2D eigenvalue weighted by molar-refractivity contribution is 0.140. The quantitative estimate of drug-likeness (QED) is 0.870. The monoisotopic (exact) mass is 317 g/mol. The molecular weight excluding hydrogens is 308 g/mol. The van der Waals surface area contributed by atoms with E-state index in [4.69, 9.17) is 4.74 Å². The molecular formula is C11H10BrF2N3O. The van der Waals surface area contributed by atoms with Crippen molar-refractivity contribution in [1.82, 2.24) is 14.8 Å². The van der Waals surface area contributed by atoms with Gasteiger partial charge >= 0.3 is 0 Å². The van der Waals surface area contributed by atoms with Crippen molar-refractivity contribution in [2.45, 2.75) is 13.0 Å². The Morgan fingerprint density at radius 1 is 1.33 bits per heavy atom. The fourth-order valence-electron chi connectivity index (χ4n) is 1.44. The maximum atomic E-state index is 12.4. The standard InChI is InChI=1S/C11H10BrF2N3O/c1-18-8-4-2-7(3-5-8)6-17-11(12)15-10(16-17)9(13)14/h2-5,9H,6H2,1H3. The number of alkyl halides is 2. The smallest absolute Gasteiger partial charge is 0.299 e. The van der Waals surface area contributed by atoms with Gasteiger partial charge in [-0.15, -0.1) is 5.10 Å². The van der Waals surface area contributed by atoms with E-state index < -0.39 is 12.2 Å². The second kappa shape index (κ2) is 5.43. The highest BCUT2D eigenvalue weighted by atomic mass is 79.9. The molecule has 0 N–H and O–H groups in total. The molecule has 0 unspecified atom stereocenters. The van der Waals surface area contributed by atoms with E-state index in [0.29, 0.717) is 6.54 Å². The molecule has 0 aliphatic rings. The molecule has 96 valence electrons. The largest absolute Gasteiger partial charge is 0.497 e. The average Bonchev–Trinajstić information content (AvgIpc) is 2.72. The third-order valence-electron chi connectivity index (χ3n) is 2.33. The minimum Gasteiger partial charge on any atom is -0.497 e. The molecule has 4 nitrogen and oxygen atoms in total. The SMILES string of the molecule is COc1ccc(Cn2nc(C(F)F)nc2Br)cc1. The molecule has 2 aromatic rings. The molecule has 0 spiro atoms. The number of methoxy groups -OCH3 is 1. The molecule has 0 aliphatic heterocycles. The summed E-state index contributed by atoms with van der Waals surface area (Å²) in [7, 11) is 1.58. The van der Waals surface area contributed by atoms with E-state index in [1.807, 2.05) is 12.1 Å². The molecule has 7 heteroatoms. The van der Waals surface area contributed by atoms with Gasteiger partial charge in [-0.05, 0) is 33.6 Å². The third-order valence-corrected chi connectivity index (χ3v) is 2.92. The van der Waals surface area contributed by atoms with E-state index >= 15 is 0 Å². The van der Waals surface area contributed by atoms with E-state index in [0.717, 1.165) is 11.3 Å². The molecule has 0 saturated heterocycles. The molecule has 2 rings (SSSR count). The molecule has 0 aliphatic carbocycles. The Balaban J connectivity index is 2.17. The summed E-state index contributed by atoms with van der Waals surface area (Å²) in [5.41, 5.74) is 0.919. The summed E-state index contributed by atoms with van der Waals surface area (Å²) < 4.78 is 31.5. The molecule has 1 aromatic carbocycles. The van der Waals surface area contributed by atoms with Gasteiger partial charge in [0.25, 0.3) is 6.43 Å². The topological polar surface area (TPSA) is 39.9 Å². The predicted molar refractivity (Wildman–Crippen MR) is 64.8 cm³/mol. The zero-order valence-electron chi connectivity index (χ0n) is 9.48. The van der Waals surface area contributed by atoms with Crippen molar-refractivity contribution >= 4 is 15.9 Å².